The summed E-state index contributed by atoms with van der Waals surface area (Å²) in [7, 11) is 0. The third-order valence-electron chi connectivity index (χ3n) is 3.60. The molecule has 1 heterocycles. The summed E-state index contributed by atoms with van der Waals surface area (Å²) in [6.45, 7) is 8.20. The molecule has 0 radical (unpaired) electrons. The molecule has 3 nitrogen and oxygen atoms in total. The first-order chi connectivity index (χ1) is 9.26. The van der Waals surface area contributed by atoms with Gasteiger partial charge in [-0.15, -0.1) is 24.2 Å². The molecular weight excluding hydrogens is 292 g/mol. The molecule has 0 N–H and O–H groups in total. The van der Waals surface area contributed by atoms with Crippen LogP contribution >= 0.6 is 24.2 Å². The van der Waals surface area contributed by atoms with Crippen molar-refractivity contribution in [1.82, 2.24) is 9.80 Å². The van der Waals surface area contributed by atoms with Crippen molar-refractivity contribution in [3.63, 3.8) is 0 Å². The van der Waals surface area contributed by atoms with Crippen molar-refractivity contribution >= 4 is 30.1 Å². The van der Waals surface area contributed by atoms with E-state index in [1.807, 2.05) is 23.1 Å². The minimum atomic E-state index is 0. The van der Waals surface area contributed by atoms with Gasteiger partial charge in [-0.05, 0) is 18.7 Å². The first-order valence-corrected chi connectivity index (χ1v) is 7.99. The largest absolute Gasteiger partial charge is 0.325 e. The van der Waals surface area contributed by atoms with Crippen LogP contribution in [0.25, 0.3) is 0 Å². The highest BCUT2D eigenvalue weighted by Gasteiger charge is 2.32. The maximum absolute atomic E-state index is 12.0. The van der Waals surface area contributed by atoms with E-state index in [4.69, 9.17) is 0 Å². The fraction of sp³-hybridized carbons (Fsp3) is 0.533. The maximum Gasteiger partial charge on any atom is 0.233 e. The summed E-state index contributed by atoms with van der Waals surface area (Å²) in [6, 6.07) is 10.3. The summed E-state index contributed by atoms with van der Waals surface area (Å²) in [5.74, 6) is 0.878. The fourth-order valence-electron chi connectivity index (χ4n) is 2.38. The number of rotatable bonds is 6. The van der Waals surface area contributed by atoms with Crippen LogP contribution in [0.5, 0.6) is 0 Å². The third-order valence-corrected chi connectivity index (χ3v) is 4.86. The lowest BCUT2D eigenvalue weighted by Crippen LogP contribution is -2.37. The molecule has 0 aromatic heterocycles. The van der Waals surface area contributed by atoms with Crippen LogP contribution in [0.3, 0.4) is 0 Å². The van der Waals surface area contributed by atoms with Crippen molar-refractivity contribution < 1.29 is 4.79 Å². The molecule has 1 atom stereocenters. The molecule has 1 aliphatic heterocycles. The molecule has 0 spiro atoms. The van der Waals surface area contributed by atoms with E-state index < -0.39 is 0 Å². The standard InChI is InChI=1S/C15H22N2OS.ClH/c1-3-16(4-2)10-11-17-14(18)12-19-15(17)13-8-6-5-7-9-13;/h5-9,15H,3-4,10-12H2,1-2H3;1H. The minimum Gasteiger partial charge on any atom is -0.325 e. The molecule has 112 valence electrons. The Morgan fingerprint density at radius 2 is 1.90 bits per heavy atom. The zero-order valence-corrected chi connectivity index (χ0v) is 13.8. The van der Waals surface area contributed by atoms with Gasteiger partial charge in [-0.25, -0.2) is 0 Å². The van der Waals surface area contributed by atoms with Crippen LogP contribution < -0.4 is 0 Å². The average Bonchev–Trinajstić information content (AvgIpc) is 2.82. The van der Waals surface area contributed by atoms with Crippen LogP contribution in [0.4, 0.5) is 0 Å². The maximum atomic E-state index is 12.0. The Morgan fingerprint density at radius 3 is 2.50 bits per heavy atom. The average molecular weight is 315 g/mol. The SMILES string of the molecule is CCN(CC)CCN1C(=O)CSC1c1ccccc1.Cl. The van der Waals surface area contributed by atoms with Crippen molar-refractivity contribution in [2.24, 2.45) is 0 Å². The van der Waals surface area contributed by atoms with Gasteiger partial charge in [0.25, 0.3) is 0 Å². The van der Waals surface area contributed by atoms with Gasteiger partial charge in [0.15, 0.2) is 0 Å². The number of amides is 1. The number of nitrogens with zero attached hydrogens (tertiary/aromatic N) is 2. The number of hydrogen-bond donors (Lipinski definition) is 0. The fourth-order valence-corrected chi connectivity index (χ4v) is 3.60. The summed E-state index contributed by atoms with van der Waals surface area (Å²) in [5.41, 5.74) is 1.23. The van der Waals surface area contributed by atoms with Crippen molar-refractivity contribution in [3.8, 4) is 0 Å². The molecular formula is C15H23ClN2OS. The number of carbonyl (C=O) groups excluding carboxylic acids is 1. The van der Waals surface area contributed by atoms with Gasteiger partial charge in [0.05, 0.1) is 5.75 Å². The summed E-state index contributed by atoms with van der Waals surface area (Å²) in [5, 5.41) is 0.198. The Bertz CT molecular complexity index is 412. The van der Waals surface area contributed by atoms with E-state index in [2.05, 4.69) is 30.9 Å². The van der Waals surface area contributed by atoms with Gasteiger partial charge in [-0.2, -0.15) is 0 Å². The Hall–Kier alpha value is -0.710. The lowest BCUT2D eigenvalue weighted by molar-refractivity contribution is -0.128. The smallest absolute Gasteiger partial charge is 0.233 e. The minimum absolute atomic E-state index is 0. The molecule has 1 saturated heterocycles. The molecule has 0 bridgehead atoms. The van der Waals surface area contributed by atoms with E-state index in [9.17, 15) is 4.79 Å². The number of carbonyl (C=O) groups is 1. The number of likely N-dealkylation sites (N-methyl/N-ethyl adjacent to an activating group) is 1. The predicted molar refractivity (Wildman–Crippen MR) is 88.4 cm³/mol. The van der Waals surface area contributed by atoms with Gasteiger partial charge in [0, 0.05) is 13.1 Å². The molecule has 1 amide bonds. The first kappa shape index (κ1) is 17.3. The monoisotopic (exact) mass is 314 g/mol. The Labute approximate surface area is 132 Å². The van der Waals surface area contributed by atoms with Gasteiger partial charge in [0.2, 0.25) is 5.91 Å². The van der Waals surface area contributed by atoms with Gasteiger partial charge >= 0.3 is 0 Å². The topological polar surface area (TPSA) is 23.6 Å². The summed E-state index contributed by atoms with van der Waals surface area (Å²) in [6.07, 6.45) is 0. The number of benzene rings is 1. The van der Waals surface area contributed by atoms with Crippen LogP contribution in [-0.2, 0) is 4.79 Å². The highest BCUT2D eigenvalue weighted by atomic mass is 35.5. The summed E-state index contributed by atoms with van der Waals surface area (Å²) in [4.78, 5) is 16.4. The molecule has 1 aliphatic rings. The van der Waals surface area contributed by atoms with Crippen LogP contribution in [-0.4, -0.2) is 47.6 Å². The van der Waals surface area contributed by atoms with E-state index in [0.717, 1.165) is 26.2 Å². The molecule has 0 saturated carbocycles. The summed E-state index contributed by atoms with van der Waals surface area (Å²) < 4.78 is 0. The van der Waals surface area contributed by atoms with E-state index >= 15 is 0 Å². The Balaban J connectivity index is 0.00000200. The first-order valence-electron chi connectivity index (χ1n) is 6.94. The Kier molecular flexibility index (Phi) is 7.41. The van der Waals surface area contributed by atoms with Crippen LogP contribution in [0.15, 0.2) is 30.3 Å². The molecule has 2 rings (SSSR count). The van der Waals surface area contributed by atoms with Crippen molar-refractivity contribution in [3.05, 3.63) is 35.9 Å². The van der Waals surface area contributed by atoms with E-state index in [1.54, 1.807) is 11.8 Å². The second-order valence-electron chi connectivity index (χ2n) is 4.69. The van der Waals surface area contributed by atoms with Gasteiger partial charge < -0.3 is 9.80 Å². The van der Waals surface area contributed by atoms with Crippen LogP contribution in [0, 0.1) is 0 Å². The van der Waals surface area contributed by atoms with Gasteiger partial charge in [-0.1, -0.05) is 44.2 Å². The van der Waals surface area contributed by atoms with Crippen molar-refractivity contribution in [2.45, 2.75) is 19.2 Å². The van der Waals surface area contributed by atoms with Crippen molar-refractivity contribution in [1.29, 1.82) is 0 Å². The normalized spacial score (nSPS) is 18.4. The second kappa shape index (κ2) is 8.55. The molecule has 1 aromatic carbocycles. The van der Waals surface area contributed by atoms with Crippen LogP contribution in [0.1, 0.15) is 24.8 Å². The predicted octanol–water partition coefficient (Wildman–Crippen LogP) is 3.02. The van der Waals surface area contributed by atoms with E-state index in [-0.39, 0.29) is 23.7 Å². The molecule has 1 fully saturated rings. The number of hydrogen-bond acceptors (Lipinski definition) is 3. The molecule has 5 heteroatoms. The molecule has 20 heavy (non-hydrogen) atoms. The second-order valence-corrected chi connectivity index (χ2v) is 5.76. The van der Waals surface area contributed by atoms with E-state index in [0.29, 0.717) is 5.75 Å². The van der Waals surface area contributed by atoms with E-state index in [1.165, 1.54) is 5.56 Å². The highest BCUT2D eigenvalue weighted by Crippen LogP contribution is 2.38. The number of halogens is 1. The zero-order valence-electron chi connectivity index (χ0n) is 12.1. The van der Waals surface area contributed by atoms with Gasteiger partial charge in [-0.3, -0.25) is 4.79 Å². The lowest BCUT2D eigenvalue weighted by Gasteiger charge is -2.27. The zero-order chi connectivity index (χ0) is 13.7. The summed E-state index contributed by atoms with van der Waals surface area (Å²) >= 11 is 1.74. The van der Waals surface area contributed by atoms with Crippen molar-refractivity contribution in [2.75, 3.05) is 31.9 Å². The highest BCUT2D eigenvalue weighted by molar-refractivity contribution is 8.00. The van der Waals surface area contributed by atoms with Crippen LogP contribution in [0.2, 0.25) is 0 Å². The third kappa shape index (κ3) is 4.14. The molecule has 1 aromatic rings. The molecule has 0 aliphatic carbocycles. The number of thioether (sulfide) groups is 1. The molecule has 1 unspecified atom stereocenters. The lowest BCUT2D eigenvalue weighted by atomic mass is 10.2. The quantitative estimate of drug-likeness (QED) is 0.806. The Morgan fingerprint density at radius 1 is 1.25 bits per heavy atom. The van der Waals surface area contributed by atoms with Gasteiger partial charge in [0.1, 0.15) is 5.37 Å².